The minimum atomic E-state index is -3.81. The first-order valence-electron chi connectivity index (χ1n) is 9.21. The van der Waals surface area contributed by atoms with Crippen molar-refractivity contribution >= 4 is 33.0 Å². The monoisotopic (exact) mass is 439 g/mol. The van der Waals surface area contributed by atoms with Gasteiger partial charge in [-0.2, -0.15) is 9.57 Å². The van der Waals surface area contributed by atoms with Crippen LogP contribution in [0.4, 0.5) is 5.69 Å². The summed E-state index contributed by atoms with van der Waals surface area (Å²) in [5.74, 6) is -0.390. The molecule has 0 spiro atoms. The van der Waals surface area contributed by atoms with Crippen molar-refractivity contribution in [3.8, 4) is 6.07 Å². The van der Waals surface area contributed by atoms with Crippen LogP contribution in [0, 0.1) is 11.3 Å². The summed E-state index contributed by atoms with van der Waals surface area (Å²) in [6, 6.07) is 16.4. The highest BCUT2D eigenvalue weighted by atomic mass is 32.2. The first-order valence-corrected chi connectivity index (χ1v) is 11.5. The molecular formula is C20H17N5O3S2. The first kappa shape index (κ1) is 20.2. The Labute approximate surface area is 177 Å². The van der Waals surface area contributed by atoms with E-state index in [0.29, 0.717) is 30.1 Å². The Bertz CT molecular complexity index is 1220. The summed E-state index contributed by atoms with van der Waals surface area (Å²) < 4.78 is 27.7. The van der Waals surface area contributed by atoms with Gasteiger partial charge in [-0.15, -0.1) is 10.2 Å². The molecule has 4 rings (SSSR count). The zero-order valence-electron chi connectivity index (χ0n) is 15.7. The molecule has 0 aliphatic carbocycles. The van der Waals surface area contributed by atoms with Crippen LogP contribution in [-0.2, 0) is 10.0 Å². The van der Waals surface area contributed by atoms with E-state index < -0.39 is 16.1 Å². The predicted molar refractivity (Wildman–Crippen MR) is 111 cm³/mol. The van der Waals surface area contributed by atoms with E-state index in [9.17, 15) is 13.2 Å². The standard InChI is InChI=1S/C20H17N5O3S2/c21-13-14-6-4-9-16(12-14)30(27,28)25-11-5-10-17(25)19-23-24-20(29-19)18(26)22-15-7-2-1-3-8-15/h1-4,6-9,12,17H,5,10-11H2,(H,22,26)/t17-/m0/s1. The summed E-state index contributed by atoms with van der Waals surface area (Å²) in [6.07, 6.45) is 1.26. The molecule has 1 N–H and O–H groups in total. The quantitative estimate of drug-likeness (QED) is 0.653. The molecule has 0 unspecified atom stereocenters. The number of para-hydroxylation sites is 1. The van der Waals surface area contributed by atoms with Crippen molar-refractivity contribution in [3.63, 3.8) is 0 Å². The van der Waals surface area contributed by atoms with Gasteiger partial charge in [0.25, 0.3) is 5.91 Å². The molecule has 152 valence electrons. The third-order valence-electron chi connectivity index (χ3n) is 4.73. The second kappa shape index (κ2) is 8.31. The molecule has 8 nitrogen and oxygen atoms in total. The van der Waals surface area contributed by atoms with E-state index in [-0.39, 0.29) is 21.4 Å². The van der Waals surface area contributed by atoms with Crippen molar-refractivity contribution in [1.82, 2.24) is 14.5 Å². The number of rotatable bonds is 5. The topological polar surface area (TPSA) is 116 Å². The van der Waals surface area contributed by atoms with E-state index in [4.69, 9.17) is 5.26 Å². The second-order valence-corrected chi connectivity index (χ2v) is 9.58. The molecule has 0 saturated carbocycles. The maximum Gasteiger partial charge on any atom is 0.286 e. The van der Waals surface area contributed by atoms with Crippen LogP contribution in [0.15, 0.2) is 59.5 Å². The van der Waals surface area contributed by atoms with Gasteiger partial charge in [-0.05, 0) is 43.2 Å². The number of carbonyl (C=O) groups excluding carboxylic acids is 1. The highest BCUT2D eigenvalue weighted by Gasteiger charge is 2.38. The van der Waals surface area contributed by atoms with Crippen LogP contribution in [0.3, 0.4) is 0 Å². The molecule has 10 heteroatoms. The minimum absolute atomic E-state index is 0.0695. The van der Waals surface area contributed by atoms with Gasteiger partial charge in [-0.3, -0.25) is 4.79 Å². The lowest BCUT2D eigenvalue weighted by molar-refractivity contribution is 0.102. The first-order chi connectivity index (χ1) is 14.5. The molecule has 2 heterocycles. The lowest BCUT2D eigenvalue weighted by Crippen LogP contribution is -2.30. The number of hydrogen-bond acceptors (Lipinski definition) is 7. The molecule has 1 aliphatic rings. The normalized spacial score (nSPS) is 16.8. The molecule has 1 aromatic heterocycles. The van der Waals surface area contributed by atoms with Gasteiger partial charge in [0.2, 0.25) is 15.0 Å². The fraction of sp³-hybridized carbons (Fsp3) is 0.200. The summed E-state index contributed by atoms with van der Waals surface area (Å²) in [6.45, 7) is 0.342. The number of anilines is 1. The van der Waals surface area contributed by atoms with Gasteiger partial charge in [0.05, 0.1) is 22.6 Å². The Kier molecular flexibility index (Phi) is 5.59. The average Bonchev–Trinajstić information content (AvgIpc) is 3.44. The fourth-order valence-electron chi connectivity index (χ4n) is 3.30. The van der Waals surface area contributed by atoms with Gasteiger partial charge in [0, 0.05) is 12.2 Å². The number of hydrogen-bond donors (Lipinski definition) is 1. The average molecular weight is 440 g/mol. The zero-order chi connectivity index (χ0) is 21.1. The number of sulfonamides is 1. The van der Waals surface area contributed by atoms with Gasteiger partial charge >= 0.3 is 0 Å². The Morgan fingerprint density at radius 3 is 2.73 bits per heavy atom. The molecule has 30 heavy (non-hydrogen) atoms. The van der Waals surface area contributed by atoms with E-state index in [1.54, 1.807) is 24.3 Å². The number of aromatic nitrogens is 2. The summed E-state index contributed by atoms with van der Waals surface area (Å²) in [7, 11) is -3.81. The molecule has 3 aromatic rings. The van der Waals surface area contributed by atoms with Crippen LogP contribution in [-0.4, -0.2) is 35.4 Å². The van der Waals surface area contributed by atoms with E-state index in [1.165, 1.54) is 16.4 Å². The van der Waals surface area contributed by atoms with Crippen LogP contribution >= 0.6 is 11.3 Å². The van der Waals surface area contributed by atoms with Crippen LogP contribution in [0.1, 0.15) is 39.3 Å². The van der Waals surface area contributed by atoms with E-state index in [2.05, 4.69) is 15.5 Å². The molecule has 1 atom stereocenters. The van der Waals surface area contributed by atoms with Crippen molar-refractivity contribution in [2.45, 2.75) is 23.8 Å². The van der Waals surface area contributed by atoms with Crippen LogP contribution in [0.25, 0.3) is 0 Å². The molecular weight excluding hydrogens is 422 g/mol. The van der Waals surface area contributed by atoms with Gasteiger partial charge in [0.15, 0.2) is 0 Å². The highest BCUT2D eigenvalue weighted by molar-refractivity contribution is 7.89. The highest BCUT2D eigenvalue weighted by Crippen LogP contribution is 2.37. The molecule has 1 fully saturated rings. The molecule has 1 amide bonds. The van der Waals surface area contributed by atoms with Crippen molar-refractivity contribution in [1.29, 1.82) is 5.26 Å². The predicted octanol–water partition coefficient (Wildman–Crippen LogP) is 3.19. The van der Waals surface area contributed by atoms with Crippen LogP contribution < -0.4 is 5.32 Å². The lowest BCUT2D eigenvalue weighted by atomic mass is 10.2. The molecule has 1 aliphatic heterocycles. The Morgan fingerprint density at radius 2 is 1.97 bits per heavy atom. The lowest BCUT2D eigenvalue weighted by Gasteiger charge is -2.22. The third kappa shape index (κ3) is 3.95. The summed E-state index contributed by atoms with van der Waals surface area (Å²) in [4.78, 5) is 12.5. The third-order valence-corrected chi connectivity index (χ3v) is 7.65. The maximum absolute atomic E-state index is 13.2. The Balaban J connectivity index is 1.57. The molecule has 2 aromatic carbocycles. The zero-order valence-corrected chi connectivity index (χ0v) is 17.4. The summed E-state index contributed by atoms with van der Waals surface area (Å²) in [5.41, 5.74) is 0.921. The number of benzene rings is 2. The van der Waals surface area contributed by atoms with E-state index in [0.717, 1.165) is 11.3 Å². The van der Waals surface area contributed by atoms with Crippen LogP contribution in [0.2, 0.25) is 0 Å². The number of nitrogens with zero attached hydrogens (tertiary/aromatic N) is 4. The van der Waals surface area contributed by atoms with Crippen molar-refractivity contribution in [3.05, 3.63) is 70.2 Å². The summed E-state index contributed by atoms with van der Waals surface area (Å²) >= 11 is 1.09. The summed E-state index contributed by atoms with van der Waals surface area (Å²) in [5, 5.41) is 20.5. The number of nitriles is 1. The van der Waals surface area contributed by atoms with Gasteiger partial charge in [-0.25, -0.2) is 8.42 Å². The van der Waals surface area contributed by atoms with Gasteiger partial charge in [-0.1, -0.05) is 35.6 Å². The Morgan fingerprint density at radius 1 is 1.17 bits per heavy atom. The van der Waals surface area contributed by atoms with Crippen LogP contribution in [0.5, 0.6) is 0 Å². The maximum atomic E-state index is 13.2. The second-order valence-electron chi connectivity index (χ2n) is 6.68. The number of carbonyl (C=O) groups is 1. The van der Waals surface area contributed by atoms with Crippen molar-refractivity contribution in [2.24, 2.45) is 0 Å². The number of nitrogens with one attached hydrogen (secondary N) is 1. The van der Waals surface area contributed by atoms with Gasteiger partial charge in [0.1, 0.15) is 5.01 Å². The minimum Gasteiger partial charge on any atom is -0.320 e. The van der Waals surface area contributed by atoms with Gasteiger partial charge < -0.3 is 5.32 Å². The SMILES string of the molecule is N#Cc1cccc(S(=O)(=O)N2CCC[C@H]2c2nnc(C(=O)Nc3ccccc3)s2)c1. The Hall–Kier alpha value is -3.13. The van der Waals surface area contributed by atoms with Crippen molar-refractivity contribution < 1.29 is 13.2 Å². The largest absolute Gasteiger partial charge is 0.320 e. The fourth-order valence-corrected chi connectivity index (χ4v) is 5.96. The van der Waals surface area contributed by atoms with E-state index in [1.807, 2.05) is 24.3 Å². The molecule has 0 bridgehead atoms. The van der Waals surface area contributed by atoms with E-state index >= 15 is 0 Å². The molecule has 1 saturated heterocycles. The smallest absolute Gasteiger partial charge is 0.286 e. The van der Waals surface area contributed by atoms with Crippen molar-refractivity contribution in [2.75, 3.05) is 11.9 Å². The molecule has 0 radical (unpaired) electrons. The number of amides is 1.